The molecule has 5 nitrogen and oxygen atoms in total. The summed E-state index contributed by atoms with van der Waals surface area (Å²) in [5.74, 6) is 0.501. The number of likely N-dealkylation sites (N-methyl/N-ethyl adjacent to an activating group) is 1. The summed E-state index contributed by atoms with van der Waals surface area (Å²) in [5.41, 5.74) is 2.01. The SMILES string of the molecule is CCN1CC(C)C(NC(=O)NCc2cccnc2C)C1. The average molecular weight is 276 g/mol. The fraction of sp³-hybridized carbons (Fsp3) is 0.600. The zero-order valence-corrected chi connectivity index (χ0v) is 12.5. The van der Waals surface area contributed by atoms with Crippen molar-refractivity contribution in [2.24, 2.45) is 5.92 Å². The third-order valence-corrected chi connectivity index (χ3v) is 4.01. The molecule has 0 spiro atoms. The van der Waals surface area contributed by atoms with Crippen LogP contribution in [0.15, 0.2) is 18.3 Å². The first kappa shape index (κ1) is 14.8. The lowest BCUT2D eigenvalue weighted by Crippen LogP contribution is -2.45. The molecule has 5 heteroatoms. The lowest BCUT2D eigenvalue weighted by atomic mass is 10.1. The fourth-order valence-corrected chi connectivity index (χ4v) is 2.61. The Morgan fingerprint density at radius 2 is 2.30 bits per heavy atom. The van der Waals surface area contributed by atoms with Crippen molar-refractivity contribution < 1.29 is 4.79 Å². The second-order valence-electron chi connectivity index (χ2n) is 5.51. The highest BCUT2D eigenvalue weighted by atomic mass is 16.2. The first-order valence-electron chi connectivity index (χ1n) is 7.27. The molecule has 2 N–H and O–H groups in total. The van der Waals surface area contributed by atoms with E-state index in [1.165, 1.54) is 0 Å². The first-order chi connectivity index (χ1) is 9.60. The van der Waals surface area contributed by atoms with Crippen molar-refractivity contribution in [2.45, 2.75) is 33.4 Å². The second-order valence-corrected chi connectivity index (χ2v) is 5.51. The molecule has 0 aliphatic carbocycles. The molecule has 110 valence electrons. The van der Waals surface area contributed by atoms with Gasteiger partial charge in [0.15, 0.2) is 0 Å². The van der Waals surface area contributed by atoms with Gasteiger partial charge in [0, 0.05) is 37.6 Å². The third kappa shape index (κ3) is 3.70. The van der Waals surface area contributed by atoms with Crippen LogP contribution in [0.3, 0.4) is 0 Å². The number of nitrogens with one attached hydrogen (secondary N) is 2. The summed E-state index contributed by atoms with van der Waals surface area (Å²) in [6, 6.07) is 4.02. The predicted molar refractivity (Wildman–Crippen MR) is 79.4 cm³/mol. The van der Waals surface area contributed by atoms with Gasteiger partial charge in [-0.2, -0.15) is 0 Å². The summed E-state index contributed by atoms with van der Waals surface area (Å²) in [6.07, 6.45) is 1.76. The molecule has 2 atom stereocenters. The largest absolute Gasteiger partial charge is 0.334 e. The summed E-state index contributed by atoms with van der Waals surface area (Å²) in [4.78, 5) is 18.5. The van der Waals surface area contributed by atoms with E-state index < -0.39 is 0 Å². The Bertz CT molecular complexity index is 463. The Labute approximate surface area is 120 Å². The molecule has 2 amide bonds. The molecule has 2 heterocycles. The number of hydrogen-bond acceptors (Lipinski definition) is 3. The van der Waals surface area contributed by atoms with E-state index in [2.05, 4.69) is 34.4 Å². The van der Waals surface area contributed by atoms with Crippen LogP contribution in [0.4, 0.5) is 4.79 Å². The Morgan fingerprint density at radius 3 is 2.95 bits per heavy atom. The number of carbonyl (C=O) groups is 1. The second kappa shape index (κ2) is 6.70. The van der Waals surface area contributed by atoms with Crippen LogP contribution in [0.2, 0.25) is 0 Å². The lowest BCUT2D eigenvalue weighted by molar-refractivity contribution is 0.234. The number of urea groups is 1. The van der Waals surface area contributed by atoms with Gasteiger partial charge in [-0.15, -0.1) is 0 Å². The maximum Gasteiger partial charge on any atom is 0.315 e. The van der Waals surface area contributed by atoms with Gasteiger partial charge in [0.1, 0.15) is 0 Å². The maximum absolute atomic E-state index is 12.0. The van der Waals surface area contributed by atoms with E-state index in [0.29, 0.717) is 12.5 Å². The van der Waals surface area contributed by atoms with Crippen LogP contribution in [-0.4, -0.2) is 41.6 Å². The van der Waals surface area contributed by atoms with E-state index in [1.54, 1.807) is 6.20 Å². The first-order valence-corrected chi connectivity index (χ1v) is 7.27. The van der Waals surface area contributed by atoms with Crippen LogP contribution in [0.25, 0.3) is 0 Å². The van der Waals surface area contributed by atoms with Crippen molar-refractivity contribution in [3.63, 3.8) is 0 Å². The third-order valence-electron chi connectivity index (χ3n) is 4.01. The molecule has 20 heavy (non-hydrogen) atoms. The van der Waals surface area contributed by atoms with E-state index in [1.807, 2.05) is 19.1 Å². The van der Waals surface area contributed by atoms with Gasteiger partial charge < -0.3 is 15.5 Å². The number of aromatic nitrogens is 1. The number of pyridine rings is 1. The zero-order valence-electron chi connectivity index (χ0n) is 12.5. The molecular formula is C15H24N4O. The molecule has 1 fully saturated rings. The van der Waals surface area contributed by atoms with Crippen molar-refractivity contribution in [1.82, 2.24) is 20.5 Å². The van der Waals surface area contributed by atoms with Gasteiger partial charge in [-0.1, -0.05) is 19.9 Å². The van der Waals surface area contributed by atoms with Crippen LogP contribution in [-0.2, 0) is 6.54 Å². The van der Waals surface area contributed by atoms with E-state index in [9.17, 15) is 4.79 Å². The molecule has 1 aromatic rings. The molecule has 2 rings (SSSR count). The summed E-state index contributed by atoms with van der Waals surface area (Å²) in [7, 11) is 0. The van der Waals surface area contributed by atoms with Gasteiger partial charge in [-0.25, -0.2) is 4.79 Å². The maximum atomic E-state index is 12.0. The van der Waals surface area contributed by atoms with E-state index in [-0.39, 0.29) is 12.1 Å². The molecule has 0 saturated carbocycles. The zero-order chi connectivity index (χ0) is 14.5. The van der Waals surface area contributed by atoms with Crippen molar-refractivity contribution >= 4 is 6.03 Å². The van der Waals surface area contributed by atoms with Gasteiger partial charge >= 0.3 is 6.03 Å². The molecule has 0 aromatic carbocycles. The highest BCUT2D eigenvalue weighted by Crippen LogP contribution is 2.15. The van der Waals surface area contributed by atoms with E-state index in [4.69, 9.17) is 0 Å². The van der Waals surface area contributed by atoms with Crippen molar-refractivity contribution in [2.75, 3.05) is 19.6 Å². The standard InChI is InChI=1S/C15H24N4O/c1-4-19-9-11(2)14(10-19)18-15(20)17-8-13-6-5-7-16-12(13)3/h5-7,11,14H,4,8-10H2,1-3H3,(H2,17,18,20). The van der Waals surface area contributed by atoms with Crippen LogP contribution in [0.1, 0.15) is 25.1 Å². The van der Waals surface area contributed by atoms with Crippen LogP contribution in [0.5, 0.6) is 0 Å². The topological polar surface area (TPSA) is 57.3 Å². The van der Waals surface area contributed by atoms with Gasteiger partial charge in [0.2, 0.25) is 0 Å². The summed E-state index contributed by atoms with van der Waals surface area (Å²) in [5, 5.41) is 5.98. The van der Waals surface area contributed by atoms with Gasteiger partial charge in [-0.3, -0.25) is 4.98 Å². The molecular weight excluding hydrogens is 252 g/mol. The molecule has 0 bridgehead atoms. The van der Waals surface area contributed by atoms with Crippen molar-refractivity contribution in [1.29, 1.82) is 0 Å². The highest BCUT2D eigenvalue weighted by Gasteiger charge is 2.29. The minimum absolute atomic E-state index is 0.0944. The number of rotatable bonds is 4. The van der Waals surface area contributed by atoms with E-state index in [0.717, 1.165) is 30.9 Å². The summed E-state index contributed by atoms with van der Waals surface area (Å²) >= 11 is 0. The van der Waals surface area contributed by atoms with Crippen LogP contribution in [0, 0.1) is 12.8 Å². The van der Waals surface area contributed by atoms with Gasteiger partial charge in [0.05, 0.1) is 0 Å². The van der Waals surface area contributed by atoms with Crippen molar-refractivity contribution in [3.8, 4) is 0 Å². The van der Waals surface area contributed by atoms with Crippen LogP contribution < -0.4 is 10.6 Å². The lowest BCUT2D eigenvalue weighted by Gasteiger charge is -2.17. The quantitative estimate of drug-likeness (QED) is 0.877. The van der Waals surface area contributed by atoms with Gasteiger partial charge in [0.25, 0.3) is 0 Å². The van der Waals surface area contributed by atoms with Crippen LogP contribution >= 0.6 is 0 Å². The Hall–Kier alpha value is -1.62. The monoisotopic (exact) mass is 276 g/mol. The molecule has 1 aliphatic rings. The molecule has 1 aliphatic heterocycles. The Balaban J connectivity index is 1.80. The average Bonchev–Trinajstić information content (AvgIpc) is 2.78. The molecule has 1 aromatic heterocycles. The number of amides is 2. The minimum atomic E-state index is -0.0944. The minimum Gasteiger partial charge on any atom is -0.334 e. The molecule has 1 saturated heterocycles. The molecule has 0 radical (unpaired) electrons. The number of likely N-dealkylation sites (tertiary alicyclic amines) is 1. The smallest absolute Gasteiger partial charge is 0.315 e. The van der Waals surface area contributed by atoms with Crippen molar-refractivity contribution in [3.05, 3.63) is 29.6 Å². The van der Waals surface area contributed by atoms with E-state index >= 15 is 0 Å². The predicted octanol–water partition coefficient (Wildman–Crippen LogP) is 1.53. The number of carbonyl (C=O) groups excluding carboxylic acids is 1. The highest BCUT2D eigenvalue weighted by molar-refractivity contribution is 5.74. The Kier molecular flexibility index (Phi) is 4.95. The summed E-state index contributed by atoms with van der Waals surface area (Å²) in [6.45, 7) is 9.85. The number of hydrogen-bond donors (Lipinski definition) is 2. The fourth-order valence-electron chi connectivity index (χ4n) is 2.61. The number of nitrogens with zero attached hydrogens (tertiary/aromatic N) is 2. The summed E-state index contributed by atoms with van der Waals surface area (Å²) < 4.78 is 0. The normalized spacial score (nSPS) is 22.8. The number of aryl methyl sites for hydroxylation is 1. The molecule has 2 unspecified atom stereocenters. The van der Waals surface area contributed by atoms with Gasteiger partial charge in [-0.05, 0) is 31.0 Å². The Morgan fingerprint density at radius 1 is 1.50 bits per heavy atom.